The molecule has 0 aliphatic heterocycles. The van der Waals surface area contributed by atoms with Crippen molar-refractivity contribution in [2.75, 3.05) is 26.1 Å². The molecule has 2 aromatic heterocycles. The van der Waals surface area contributed by atoms with Gasteiger partial charge in [-0.2, -0.15) is 9.97 Å². The normalized spacial score (nSPS) is 10.9. The third-order valence-electron chi connectivity index (χ3n) is 3.97. The number of ether oxygens (including phenoxy) is 1. The summed E-state index contributed by atoms with van der Waals surface area (Å²) in [5.41, 5.74) is 0.513. The second kappa shape index (κ2) is 8.34. The van der Waals surface area contributed by atoms with Gasteiger partial charge in [-0.05, 0) is 23.7 Å². The summed E-state index contributed by atoms with van der Waals surface area (Å²) < 4.78 is 11.9. The lowest BCUT2D eigenvalue weighted by Gasteiger charge is -2.14. The Bertz CT molecular complexity index is 1030. The van der Waals surface area contributed by atoms with Crippen molar-refractivity contribution in [3.8, 4) is 17.3 Å². The molecule has 3 aromatic rings. The number of hydrogen-bond acceptors (Lipinski definition) is 9. The molecule has 0 fully saturated rings. The zero-order valence-corrected chi connectivity index (χ0v) is 16.9. The monoisotopic (exact) mass is 403 g/mol. The molecule has 0 amide bonds. The van der Waals surface area contributed by atoms with Crippen LogP contribution in [0.2, 0.25) is 0 Å². The van der Waals surface area contributed by atoms with Gasteiger partial charge >= 0.3 is 0 Å². The van der Waals surface area contributed by atoms with Crippen molar-refractivity contribution >= 4 is 17.7 Å². The second-order valence-corrected chi connectivity index (χ2v) is 7.01. The highest BCUT2D eigenvalue weighted by Gasteiger charge is 2.18. The summed E-state index contributed by atoms with van der Waals surface area (Å²) in [7, 11) is 5.18. The van der Waals surface area contributed by atoms with E-state index in [1.807, 2.05) is 14.1 Å². The molecule has 2 heterocycles. The first-order valence-electron chi connectivity index (χ1n) is 8.56. The van der Waals surface area contributed by atoms with Crippen molar-refractivity contribution in [1.29, 1.82) is 0 Å². The van der Waals surface area contributed by atoms with Gasteiger partial charge < -0.3 is 19.3 Å². The van der Waals surface area contributed by atoms with Crippen LogP contribution >= 0.6 is 11.8 Å². The lowest BCUT2D eigenvalue weighted by atomic mass is 10.2. The lowest BCUT2D eigenvalue weighted by Crippen LogP contribution is -2.25. The summed E-state index contributed by atoms with van der Waals surface area (Å²) >= 11 is 1.22. The van der Waals surface area contributed by atoms with Gasteiger partial charge in [-0.15, -0.1) is 0 Å². The fraction of sp³-hybridized carbons (Fsp3) is 0.333. The van der Waals surface area contributed by atoms with E-state index in [0.717, 1.165) is 0 Å². The summed E-state index contributed by atoms with van der Waals surface area (Å²) in [4.78, 5) is 23.2. The van der Waals surface area contributed by atoms with Crippen LogP contribution < -0.4 is 15.2 Å². The van der Waals surface area contributed by atoms with Crippen molar-refractivity contribution in [2.24, 2.45) is 0 Å². The topological polar surface area (TPSA) is 107 Å². The molecule has 148 valence electrons. The number of anilines is 1. The van der Waals surface area contributed by atoms with Gasteiger partial charge in [0.1, 0.15) is 5.75 Å². The molecule has 28 heavy (non-hydrogen) atoms. The summed E-state index contributed by atoms with van der Waals surface area (Å²) in [6.45, 7) is 1.79. The van der Waals surface area contributed by atoms with Gasteiger partial charge in [-0.25, -0.2) is 0 Å². The molecule has 0 radical (unpaired) electrons. The molecule has 0 saturated heterocycles. The standard InChI is InChI=1S/C18H21N5O4S/c1-5-13-15(24)20-18(28-10-14-19-17(21-27-14)22(2)3)23(16(13)25)11-7-6-8-12(9-11)26-4/h6-9,24H,5,10H2,1-4H3. The first-order chi connectivity index (χ1) is 13.4. The van der Waals surface area contributed by atoms with E-state index in [0.29, 0.717) is 40.6 Å². The predicted octanol–water partition coefficient (Wildman–Crippen LogP) is 2.25. The molecule has 3 rings (SSSR count). The highest BCUT2D eigenvalue weighted by atomic mass is 32.2. The summed E-state index contributed by atoms with van der Waals surface area (Å²) in [5, 5.41) is 14.4. The highest BCUT2D eigenvalue weighted by molar-refractivity contribution is 7.98. The average molecular weight is 403 g/mol. The van der Waals surface area contributed by atoms with Gasteiger partial charge in [0.15, 0.2) is 5.16 Å². The van der Waals surface area contributed by atoms with Crippen LogP contribution in [0.15, 0.2) is 38.7 Å². The Morgan fingerprint density at radius 1 is 1.32 bits per heavy atom. The summed E-state index contributed by atoms with van der Waals surface area (Å²) in [6.07, 6.45) is 0.364. The molecule has 0 atom stereocenters. The molecular formula is C18H21N5O4S. The average Bonchev–Trinajstić information content (AvgIpc) is 3.16. The molecule has 1 aromatic carbocycles. The maximum absolute atomic E-state index is 13.0. The van der Waals surface area contributed by atoms with E-state index in [1.165, 1.54) is 16.3 Å². The van der Waals surface area contributed by atoms with Crippen LogP contribution in [0.25, 0.3) is 5.69 Å². The zero-order valence-electron chi connectivity index (χ0n) is 16.0. The number of benzene rings is 1. The van der Waals surface area contributed by atoms with Gasteiger partial charge in [-0.1, -0.05) is 24.8 Å². The Hall–Kier alpha value is -3.01. The Labute approximate surface area is 166 Å². The number of methoxy groups -OCH3 is 1. The second-order valence-electron chi connectivity index (χ2n) is 6.06. The van der Waals surface area contributed by atoms with Gasteiger partial charge in [0.05, 0.1) is 24.1 Å². The van der Waals surface area contributed by atoms with Crippen LogP contribution in [-0.2, 0) is 12.2 Å². The van der Waals surface area contributed by atoms with Crippen molar-refractivity contribution < 1.29 is 14.4 Å². The minimum atomic E-state index is -0.328. The van der Waals surface area contributed by atoms with Gasteiger partial charge in [0.2, 0.25) is 11.8 Å². The van der Waals surface area contributed by atoms with Crippen molar-refractivity contribution in [1.82, 2.24) is 19.7 Å². The lowest BCUT2D eigenvalue weighted by molar-refractivity contribution is 0.390. The van der Waals surface area contributed by atoms with E-state index < -0.39 is 0 Å². The Morgan fingerprint density at radius 2 is 2.11 bits per heavy atom. The van der Waals surface area contributed by atoms with Crippen LogP contribution in [0.4, 0.5) is 5.95 Å². The zero-order chi connectivity index (χ0) is 20.3. The van der Waals surface area contributed by atoms with Crippen molar-refractivity contribution in [2.45, 2.75) is 24.3 Å². The third-order valence-corrected chi connectivity index (χ3v) is 4.89. The maximum Gasteiger partial charge on any atom is 0.265 e. The molecule has 9 nitrogen and oxygen atoms in total. The van der Waals surface area contributed by atoms with Gasteiger partial charge in [0.25, 0.3) is 11.5 Å². The number of thioether (sulfide) groups is 1. The number of rotatable bonds is 7. The van der Waals surface area contributed by atoms with E-state index in [2.05, 4.69) is 15.1 Å². The molecule has 0 saturated carbocycles. The Morgan fingerprint density at radius 3 is 2.75 bits per heavy atom. The number of nitrogens with zero attached hydrogens (tertiary/aromatic N) is 5. The molecule has 0 aliphatic rings. The van der Waals surface area contributed by atoms with Crippen LogP contribution in [0.5, 0.6) is 11.6 Å². The van der Waals surface area contributed by atoms with Crippen LogP contribution in [0, 0.1) is 0 Å². The van der Waals surface area contributed by atoms with Crippen LogP contribution in [0.1, 0.15) is 18.4 Å². The third kappa shape index (κ3) is 3.96. The quantitative estimate of drug-likeness (QED) is 0.469. The predicted molar refractivity (Wildman–Crippen MR) is 106 cm³/mol. The Kier molecular flexibility index (Phi) is 5.88. The largest absolute Gasteiger partial charge is 0.497 e. The van der Waals surface area contributed by atoms with E-state index in [-0.39, 0.29) is 17.0 Å². The molecule has 0 unspecified atom stereocenters. The molecule has 1 N–H and O–H groups in total. The molecule has 0 bridgehead atoms. The minimum absolute atomic E-state index is 0.250. The van der Waals surface area contributed by atoms with Crippen LogP contribution in [0.3, 0.4) is 0 Å². The molecule has 10 heteroatoms. The molecule has 0 spiro atoms. The summed E-state index contributed by atoms with van der Waals surface area (Å²) in [5.74, 6) is 1.48. The first kappa shape index (κ1) is 19.7. The van der Waals surface area contributed by atoms with E-state index in [4.69, 9.17) is 9.26 Å². The van der Waals surface area contributed by atoms with E-state index >= 15 is 0 Å². The number of aromatic nitrogens is 4. The smallest absolute Gasteiger partial charge is 0.265 e. The molecule has 0 aliphatic carbocycles. The number of hydrogen-bond donors (Lipinski definition) is 1. The van der Waals surface area contributed by atoms with Gasteiger partial charge in [-0.3, -0.25) is 9.36 Å². The fourth-order valence-corrected chi connectivity index (χ4v) is 3.36. The van der Waals surface area contributed by atoms with Gasteiger partial charge in [0, 0.05) is 20.2 Å². The number of aromatic hydroxyl groups is 1. The van der Waals surface area contributed by atoms with E-state index in [1.54, 1.807) is 43.2 Å². The van der Waals surface area contributed by atoms with E-state index in [9.17, 15) is 9.90 Å². The highest BCUT2D eigenvalue weighted by Crippen LogP contribution is 2.27. The first-order valence-corrected chi connectivity index (χ1v) is 9.55. The Balaban J connectivity index is 2.02. The molecular weight excluding hydrogens is 382 g/mol. The van der Waals surface area contributed by atoms with Crippen molar-refractivity contribution in [3.63, 3.8) is 0 Å². The summed E-state index contributed by atoms with van der Waals surface area (Å²) in [6, 6.07) is 7.09. The van der Waals surface area contributed by atoms with Crippen LogP contribution in [-0.4, -0.2) is 46.0 Å². The minimum Gasteiger partial charge on any atom is -0.497 e. The maximum atomic E-state index is 13.0. The SMILES string of the molecule is CCc1c(O)nc(SCc2nc(N(C)C)no2)n(-c2cccc(OC)c2)c1=O. The van der Waals surface area contributed by atoms with Crippen molar-refractivity contribution in [3.05, 3.63) is 46.1 Å². The fourth-order valence-electron chi connectivity index (χ4n) is 2.52.